The van der Waals surface area contributed by atoms with Gasteiger partial charge in [0.25, 0.3) is 5.91 Å². The molecule has 0 aromatic heterocycles. The molecule has 3 amide bonds. The van der Waals surface area contributed by atoms with Crippen LogP contribution in [0.25, 0.3) is 10.8 Å². The van der Waals surface area contributed by atoms with Crippen LogP contribution in [0.3, 0.4) is 0 Å². The standard InChI is InChI=1S/C32H41N3O5/c1-8-20(3)27(34-31(39)40-32(5,6)7)30(38)35(9-2)28(24-15-17-26(36)21(4)18-24)29(37)33-25-16-14-22-12-10-11-13-23(22)19-25/h10-20,27-28,36H,8-9H2,1-7H3,(H,33,37)(H,34,39). The predicted octanol–water partition coefficient (Wildman–Crippen LogP) is 6.32. The molecule has 3 atom stereocenters. The van der Waals surface area contributed by atoms with Gasteiger partial charge >= 0.3 is 6.09 Å². The first-order chi connectivity index (χ1) is 18.8. The number of amides is 3. The third-order valence-corrected chi connectivity index (χ3v) is 6.89. The lowest BCUT2D eigenvalue weighted by atomic mass is 9.95. The minimum atomic E-state index is -1.02. The molecule has 0 aliphatic carbocycles. The molecule has 40 heavy (non-hydrogen) atoms. The maximum Gasteiger partial charge on any atom is 0.408 e. The molecule has 3 aromatic carbocycles. The van der Waals surface area contributed by atoms with Crippen molar-refractivity contribution in [2.75, 3.05) is 11.9 Å². The van der Waals surface area contributed by atoms with E-state index in [0.717, 1.165) is 10.8 Å². The zero-order valence-corrected chi connectivity index (χ0v) is 24.4. The lowest BCUT2D eigenvalue weighted by Gasteiger charge is -2.35. The molecule has 0 saturated heterocycles. The summed E-state index contributed by atoms with van der Waals surface area (Å²) in [5.41, 5.74) is 0.987. The number of phenolic OH excluding ortho intramolecular Hbond substituents is 1. The van der Waals surface area contributed by atoms with Crippen LogP contribution >= 0.6 is 0 Å². The second-order valence-electron chi connectivity index (χ2n) is 11.1. The smallest absolute Gasteiger partial charge is 0.408 e. The molecule has 0 saturated carbocycles. The van der Waals surface area contributed by atoms with Crippen molar-refractivity contribution in [3.63, 3.8) is 0 Å². The van der Waals surface area contributed by atoms with Gasteiger partial charge in [0.1, 0.15) is 23.4 Å². The van der Waals surface area contributed by atoms with Gasteiger partial charge in [0.15, 0.2) is 0 Å². The van der Waals surface area contributed by atoms with Crippen LogP contribution in [0.1, 0.15) is 65.1 Å². The van der Waals surface area contributed by atoms with Crippen LogP contribution in [0.15, 0.2) is 60.7 Å². The van der Waals surface area contributed by atoms with Crippen molar-refractivity contribution in [2.24, 2.45) is 5.92 Å². The molecule has 0 spiro atoms. The van der Waals surface area contributed by atoms with Gasteiger partial charge in [-0.2, -0.15) is 0 Å². The number of anilines is 1. The number of nitrogens with one attached hydrogen (secondary N) is 2. The molecule has 0 heterocycles. The molecule has 3 N–H and O–H groups in total. The van der Waals surface area contributed by atoms with Gasteiger partial charge in [0.2, 0.25) is 5.91 Å². The van der Waals surface area contributed by atoms with E-state index in [0.29, 0.717) is 23.2 Å². The molecular weight excluding hydrogens is 506 g/mol. The number of hydrogen-bond acceptors (Lipinski definition) is 5. The fourth-order valence-corrected chi connectivity index (χ4v) is 4.56. The zero-order valence-electron chi connectivity index (χ0n) is 24.4. The first-order valence-electron chi connectivity index (χ1n) is 13.7. The number of hydrogen-bond donors (Lipinski definition) is 3. The van der Waals surface area contributed by atoms with Crippen LogP contribution in [0.4, 0.5) is 10.5 Å². The maximum absolute atomic E-state index is 14.1. The lowest BCUT2D eigenvalue weighted by Crippen LogP contribution is -2.54. The number of aromatic hydroxyl groups is 1. The Morgan fingerprint density at radius 3 is 2.25 bits per heavy atom. The Labute approximate surface area is 236 Å². The first kappa shape index (κ1) is 30.5. The number of carbonyl (C=O) groups is 3. The molecule has 0 fully saturated rings. The number of phenols is 1. The molecule has 8 nitrogen and oxygen atoms in total. The van der Waals surface area contributed by atoms with Crippen LogP contribution in [0.2, 0.25) is 0 Å². The molecule has 0 bridgehead atoms. The van der Waals surface area contributed by atoms with Crippen molar-refractivity contribution in [3.8, 4) is 5.75 Å². The number of aryl methyl sites for hydroxylation is 1. The molecule has 0 aliphatic rings. The van der Waals surface area contributed by atoms with E-state index in [2.05, 4.69) is 10.6 Å². The average Bonchev–Trinajstić information content (AvgIpc) is 2.90. The number of nitrogens with zero attached hydrogens (tertiary/aromatic N) is 1. The van der Waals surface area contributed by atoms with E-state index in [4.69, 9.17) is 4.74 Å². The fourth-order valence-electron chi connectivity index (χ4n) is 4.56. The lowest BCUT2D eigenvalue weighted by molar-refractivity contribution is -0.141. The Balaban J connectivity index is 2.01. The normalized spacial score (nSPS) is 13.7. The Morgan fingerprint density at radius 1 is 0.975 bits per heavy atom. The average molecular weight is 548 g/mol. The van der Waals surface area contributed by atoms with E-state index in [9.17, 15) is 19.5 Å². The monoisotopic (exact) mass is 547 g/mol. The highest BCUT2D eigenvalue weighted by Gasteiger charge is 2.37. The summed E-state index contributed by atoms with van der Waals surface area (Å²) in [5.74, 6) is -0.932. The molecule has 214 valence electrons. The second-order valence-corrected chi connectivity index (χ2v) is 11.1. The molecule has 3 unspecified atom stereocenters. The topological polar surface area (TPSA) is 108 Å². The summed E-state index contributed by atoms with van der Waals surface area (Å²) in [6.07, 6.45) is -0.0735. The Kier molecular flexibility index (Phi) is 9.79. The molecule has 0 radical (unpaired) electrons. The number of fused-ring (bicyclic) bond motifs is 1. The summed E-state index contributed by atoms with van der Waals surface area (Å²) in [6.45, 7) is 12.8. The van der Waals surface area contributed by atoms with Crippen molar-refractivity contribution in [1.29, 1.82) is 0 Å². The van der Waals surface area contributed by atoms with Gasteiger partial charge in [0.05, 0.1) is 0 Å². The van der Waals surface area contributed by atoms with E-state index in [1.54, 1.807) is 46.8 Å². The van der Waals surface area contributed by atoms with E-state index < -0.39 is 35.6 Å². The van der Waals surface area contributed by atoms with Crippen LogP contribution in [0.5, 0.6) is 5.75 Å². The number of likely N-dealkylation sites (N-methyl/N-ethyl adjacent to an activating group) is 1. The van der Waals surface area contributed by atoms with Crippen LogP contribution < -0.4 is 10.6 Å². The van der Waals surface area contributed by atoms with E-state index in [1.807, 2.05) is 56.3 Å². The van der Waals surface area contributed by atoms with Crippen molar-refractivity contribution in [2.45, 2.75) is 72.6 Å². The van der Waals surface area contributed by atoms with Crippen LogP contribution in [0, 0.1) is 12.8 Å². The van der Waals surface area contributed by atoms with E-state index in [1.165, 1.54) is 11.0 Å². The highest BCUT2D eigenvalue weighted by molar-refractivity contribution is 6.00. The summed E-state index contributed by atoms with van der Waals surface area (Å²) < 4.78 is 5.43. The van der Waals surface area contributed by atoms with Gasteiger partial charge in [-0.1, -0.05) is 56.7 Å². The SMILES string of the molecule is CCC(C)C(NC(=O)OC(C)(C)C)C(=O)N(CC)C(C(=O)Nc1ccc2ccccc2c1)c1ccc(O)c(C)c1. The van der Waals surface area contributed by atoms with Crippen molar-refractivity contribution < 1.29 is 24.2 Å². The molecule has 3 rings (SSSR count). The van der Waals surface area contributed by atoms with Gasteiger partial charge in [-0.25, -0.2) is 4.79 Å². The minimum Gasteiger partial charge on any atom is -0.508 e. The summed E-state index contributed by atoms with van der Waals surface area (Å²) in [4.78, 5) is 42.2. The molecular formula is C32H41N3O5. The molecule has 3 aromatic rings. The summed E-state index contributed by atoms with van der Waals surface area (Å²) >= 11 is 0. The predicted molar refractivity (Wildman–Crippen MR) is 158 cm³/mol. The van der Waals surface area contributed by atoms with Crippen LogP contribution in [-0.2, 0) is 14.3 Å². The minimum absolute atomic E-state index is 0.0934. The van der Waals surface area contributed by atoms with Gasteiger partial charge < -0.3 is 25.4 Å². The van der Waals surface area contributed by atoms with Crippen molar-refractivity contribution in [3.05, 3.63) is 71.8 Å². The summed E-state index contributed by atoms with van der Waals surface area (Å²) in [6, 6.07) is 16.4. The third-order valence-electron chi connectivity index (χ3n) is 6.89. The number of rotatable bonds is 9. The van der Waals surface area contributed by atoms with Crippen LogP contribution in [-0.4, -0.2) is 46.1 Å². The highest BCUT2D eigenvalue weighted by atomic mass is 16.6. The number of benzene rings is 3. The van der Waals surface area contributed by atoms with Gasteiger partial charge in [-0.3, -0.25) is 9.59 Å². The molecule has 0 aliphatic heterocycles. The summed E-state index contributed by atoms with van der Waals surface area (Å²) in [5, 5.41) is 17.9. The second kappa shape index (κ2) is 12.9. The van der Waals surface area contributed by atoms with E-state index in [-0.39, 0.29) is 18.2 Å². The van der Waals surface area contributed by atoms with E-state index >= 15 is 0 Å². The van der Waals surface area contributed by atoms with Gasteiger partial charge in [0, 0.05) is 12.2 Å². The Bertz CT molecular complexity index is 1360. The Hall–Kier alpha value is -4.07. The number of alkyl carbamates (subject to hydrolysis) is 1. The maximum atomic E-state index is 14.1. The van der Waals surface area contributed by atoms with Gasteiger partial charge in [-0.15, -0.1) is 0 Å². The quantitative estimate of drug-likeness (QED) is 0.290. The largest absolute Gasteiger partial charge is 0.508 e. The Morgan fingerprint density at radius 2 is 1.65 bits per heavy atom. The van der Waals surface area contributed by atoms with Gasteiger partial charge in [-0.05, 0) is 86.7 Å². The third kappa shape index (κ3) is 7.52. The number of ether oxygens (including phenoxy) is 1. The van der Waals surface area contributed by atoms with Crippen molar-refractivity contribution >= 4 is 34.4 Å². The first-order valence-corrected chi connectivity index (χ1v) is 13.7. The highest BCUT2D eigenvalue weighted by Crippen LogP contribution is 2.29. The number of carbonyl (C=O) groups excluding carboxylic acids is 3. The fraction of sp³-hybridized carbons (Fsp3) is 0.406. The molecule has 8 heteroatoms. The van der Waals surface area contributed by atoms with Crippen molar-refractivity contribution in [1.82, 2.24) is 10.2 Å². The summed E-state index contributed by atoms with van der Waals surface area (Å²) in [7, 11) is 0. The zero-order chi connectivity index (χ0) is 29.6.